The fraction of sp³-hybridized carbons (Fsp3) is 0.389. The number of aliphatic hydroxyl groups excluding tert-OH is 2. The van der Waals surface area contributed by atoms with Gasteiger partial charge < -0.3 is 26.0 Å². The summed E-state index contributed by atoms with van der Waals surface area (Å²) >= 11 is 0. The van der Waals surface area contributed by atoms with Gasteiger partial charge in [0.05, 0.1) is 19.0 Å². The van der Waals surface area contributed by atoms with Crippen LogP contribution in [0.5, 0.6) is 0 Å². The molecule has 5 N–H and O–H groups in total. The van der Waals surface area contributed by atoms with E-state index in [1.54, 1.807) is 10.9 Å². The molecule has 9 nitrogen and oxygen atoms in total. The van der Waals surface area contributed by atoms with Crippen LogP contribution in [0.3, 0.4) is 0 Å². The number of nitrogens with one attached hydrogen (secondary N) is 1. The Morgan fingerprint density at radius 3 is 2.89 bits per heavy atom. The van der Waals surface area contributed by atoms with Crippen molar-refractivity contribution in [3.63, 3.8) is 0 Å². The second-order valence-electron chi connectivity index (χ2n) is 6.70. The van der Waals surface area contributed by atoms with Crippen LogP contribution in [0.1, 0.15) is 17.4 Å². The van der Waals surface area contributed by atoms with E-state index in [0.29, 0.717) is 23.5 Å². The van der Waals surface area contributed by atoms with Gasteiger partial charge >= 0.3 is 0 Å². The van der Waals surface area contributed by atoms with Gasteiger partial charge in [0.1, 0.15) is 18.5 Å². The number of fused-ring (bicyclic) bond motifs is 1. The van der Waals surface area contributed by atoms with E-state index >= 15 is 0 Å². The molecule has 3 aromatic rings. The molecule has 0 bridgehead atoms. The number of benzene rings is 1. The van der Waals surface area contributed by atoms with Gasteiger partial charge in [-0.15, -0.1) is 0 Å². The number of rotatable bonds is 5. The number of aliphatic hydroxyl groups is 2. The normalized spacial score (nSPS) is 25.2. The van der Waals surface area contributed by atoms with E-state index in [4.69, 9.17) is 10.5 Å². The summed E-state index contributed by atoms with van der Waals surface area (Å²) in [5.74, 6) is 0.603. The summed E-state index contributed by atoms with van der Waals surface area (Å²) < 4.78 is 7.35. The smallest absolute Gasteiger partial charge is 0.167 e. The van der Waals surface area contributed by atoms with Crippen LogP contribution < -0.4 is 11.1 Å². The highest BCUT2D eigenvalue weighted by Crippen LogP contribution is 2.31. The molecule has 4 rings (SSSR count). The Kier molecular flexibility index (Phi) is 4.75. The molecular formula is C18H22N6O3. The molecule has 0 saturated carbocycles. The standard InChI is InChI=1S/C18H22N6O3/c1-10-3-2-4-11(5-10)6-20-16-14-17(22-8-21-16)24(9-23-14)18-13(19)15(26)12(7-25)27-18/h2-5,8-9,12-13,15,18,25-26H,6-7,19H2,1H3,(H,20,21,22)/t12-,13-,15-,18-/m1/s1. The van der Waals surface area contributed by atoms with Crippen molar-refractivity contribution in [2.24, 2.45) is 5.73 Å². The molecular weight excluding hydrogens is 348 g/mol. The minimum absolute atomic E-state index is 0.309. The highest BCUT2D eigenvalue weighted by Gasteiger charge is 2.42. The lowest BCUT2D eigenvalue weighted by molar-refractivity contribution is -0.0437. The largest absolute Gasteiger partial charge is 0.394 e. The van der Waals surface area contributed by atoms with Gasteiger partial charge in [-0.25, -0.2) is 15.0 Å². The van der Waals surface area contributed by atoms with E-state index in [1.807, 2.05) is 25.1 Å². The number of nitrogens with zero attached hydrogens (tertiary/aromatic N) is 4. The quantitative estimate of drug-likeness (QED) is 0.505. The number of imidazole rings is 1. The van der Waals surface area contributed by atoms with E-state index < -0.39 is 24.5 Å². The highest BCUT2D eigenvalue weighted by molar-refractivity contribution is 5.82. The molecule has 0 unspecified atom stereocenters. The first-order valence-corrected chi connectivity index (χ1v) is 8.75. The molecule has 0 amide bonds. The maximum absolute atomic E-state index is 10.1. The fourth-order valence-corrected chi connectivity index (χ4v) is 3.34. The second-order valence-corrected chi connectivity index (χ2v) is 6.70. The Labute approximate surface area is 155 Å². The number of hydrogen-bond acceptors (Lipinski definition) is 8. The lowest BCUT2D eigenvalue weighted by Gasteiger charge is -2.17. The third-order valence-corrected chi connectivity index (χ3v) is 4.77. The van der Waals surface area contributed by atoms with Gasteiger partial charge in [0.2, 0.25) is 0 Å². The van der Waals surface area contributed by atoms with E-state index in [1.165, 1.54) is 11.9 Å². The Morgan fingerprint density at radius 1 is 1.30 bits per heavy atom. The van der Waals surface area contributed by atoms with Crippen molar-refractivity contribution in [3.05, 3.63) is 48.0 Å². The van der Waals surface area contributed by atoms with Crippen LogP contribution in [0.15, 0.2) is 36.9 Å². The molecule has 4 atom stereocenters. The van der Waals surface area contributed by atoms with Crippen molar-refractivity contribution in [2.75, 3.05) is 11.9 Å². The predicted molar refractivity (Wildman–Crippen MR) is 98.8 cm³/mol. The van der Waals surface area contributed by atoms with Gasteiger partial charge in [-0.2, -0.15) is 0 Å². The van der Waals surface area contributed by atoms with E-state index in [-0.39, 0.29) is 6.61 Å². The van der Waals surface area contributed by atoms with E-state index in [9.17, 15) is 10.2 Å². The van der Waals surface area contributed by atoms with Crippen molar-refractivity contribution in [2.45, 2.75) is 37.9 Å². The molecule has 1 aliphatic rings. The van der Waals surface area contributed by atoms with Crippen LogP contribution in [0.2, 0.25) is 0 Å². The van der Waals surface area contributed by atoms with Gasteiger partial charge in [0.15, 0.2) is 23.2 Å². The molecule has 0 aliphatic carbocycles. The number of nitrogens with two attached hydrogens (primary N) is 1. The molecule has 1 saturated heterocycles. The summed E-state index contributed by atoms with van der Waals surface area (Å²) in [6.45, 7) is 2.34. The summed E-state index contributed by atoms with van der Waals surface area (Å²) in [4.78, 5) is 13.0. The first-order valence-electron chi connectivity index (χ1n) is 8.75. The molecule has 1 fully saturated rings. The zero-order valence-electron chi connectivity index (χ0n) is 14.9. The molecule has 27 heavy (non-hydrogen) atoms. The lowest BCUT2D eigenvalue weighted by atomic mass is 10.1. The zero-order valence-corrected chi connectivity index (χ0v) is 14.9. The lowest BCUT2D eigenvalue weighted by Crippen LogP contribution is -2.39. The minimum atomic E-state index is -0.960. The van der Waals surface area contributed by atoms with Gasteiger partial charge in [0, 0.05) is 6.54 Å². The molecule has 3 heterocycles. The molecule has 1 aliphatic heterocycles. The first-order chi connectivity index (χ1) is 13.1. The van der Waals surface area contributed by atoms with Crippen LogP contribution >= 0.6 is 0 Å². The van der Waals surface area contributed by atoms with Crippen LogP contribution in [-0.4, -0.2) is 54.6 Å². The summed E-state index contributed by atoms with van der Waals surface area (Å²) in [5.41, 5.74) is 9.52. The molecule has 142 valence electrons. The van der Waals surface area contributed by atoms with Crippen molar-refractivity contribution in [1.82, 2.24) is 19.5 Å². The van der Waals surface area contributed by atoms with Crippen LogP contribution in [0.4, 0.5) is 5.82 Å². The maximum atomic E-state index is 10.1. The summed E-state index contributed by atoms with van der Waals surface area (Å²) in [6.07, 6.45) is 0.649. The van der Waals surface area contributed by atoms with E-state index in [2.05, 4.69) is 26.3 Å². The summed E-state index contributed by atoms with van der Waals surface area (Å²) in [5, 5.41) is 22.7. The van der Waals surface area contributed by atoms with Gasteiger partial charge in [-0.3, -0.25) is 4.57 Å². The zero-order chi connectivity index (χ0) is 19.0. The maximum Gasteiger partial charge on any atom is 0.167 e. The minimum Gasteiger partial charge on any atom is -0.394 e. The summed E-state index contributed by atoms with van der Waals surface area (Å²) in [7, 11) is 0. The molecule has 9 heteroatoms. The summed E-state index contributed by atoms with van der Waals surface area (Å²) in [6, 6.07) is 7.51. The molecule has 2 aromatic heterocycles. The van der Waals surface area contributed by atoms with Crippen molar-refractivity contribution in [1.29, 1.82) is 0 Å². The topological polar surface area (TPSA) is 131 Å². The molecule has 0 radical (unpaired) electrons. The van der Waals surface area contributed by atoms with Gasteiger partial charge in [-0.05, 0) is 12.5 Å². The Balaban J connectivity index is 1.60. The Bertz CT molecular complexity index is 946. The van der Waals surface area contributed by atoms with Gasteiger partial charge in [-0.1, -0.05) is 29.8 Å². The van der Waals surface area contributed by atoms with Crippen molar-refractivity contribution in [3.8, 4) is 0 Å². The number of hydrogen-bond donors (Lipinski definition) is 4. The predicted octanol–water partition coefficient (Wildman–Crippen LogP) is 0.325. The number of aromatic nitrogens is 4. The third-order valence-electron chi connectivity index (χ3n) is 4.77. The Morgan fingerprint density at radius 2 is 2.15 bits per heavy atom. The SMILES string of the molecule is Cc1cccc(CNc2ncnc3c2ncn3[C@@H]2O[C@H](CO)[C@@H](O)[C@H]2N)c1. The van der Waals surface area contributed by atoms with Crippen LogP contribution in [0.25, 0.3) is 11.2 Å². The average molecular weight is 370 g/mol. The third kappa shape index (κ3) is 3.26. The van der Waals surface area contributed by atoms with Crippen LogP contribution in [-0.2, 0) is 11.3 Å². The number of aryl methyl sites for hydroxylation is 1. The Hall–Kier alpha value is -2.59. The number of ether oxygens (including phenoxy) is 1. The van der Waals surface area contributed by atoms with E-state index in [0.717, 1.165) is 5.56 Å². The fourth-order valence-electron chi connectivity index (χ4n) is 3.34. The van der Waals surface area contributed by atoms with Crippen LogP contribution in [0, 0.1) is 6.92 Å². The average Bonchev–Trinajstić information content (AvgIpc) is 3.22. The molecule has 0 spiro atoms. The second kappa shape index (κ2) is 7.20. The van der Waals surface area contributed by atoms with Crippen molar-refractivity contribution < 1.29 is 14.9 Å². The monoisotopic (exact) mass is 370 g/mol. The number of anilines is 1. The first kappa shape index (κ1) is 17.8. The van der Waals surface area contributed by atoms with Gasteiger partial charge in [0.25, 0.3) is 0 Å². The molecule has 1 aromatic carbocycles. The van der Waals surface area contributed by atoms with Crippen molar-refractivity contribution >= 4 is 17.0 Å². The highest BCUT2D eigenvalue weighted by atomic mass is 16.5.